The standard InChI is InChI=1S/C28H44N2O23/c1-5(33)29-9-18(11(35)7(3-31)47-25(9)46)49-28-17(41)15(39)20(22(53-28)24(44)45)51-26-10(30-6(2)34)19(12(36)8(4-32)48-26)50-27-16(40)13(37)14(38)21(52-27)23(42)43/h7-22,25-28,31-32,35-41,46H,3-4H2,1-2H3,(H,29,33)(H,30,34)(H,42,43)(H,44,45)/t7?,8?,9?,10?,11-,12-,13-,14+,15+,16?,17?,18+,19+,20+,21?,22?,25+,26-,27+,28+/m0/s1. The summed E-state index contributed by atoms with van der Waals surface area (Å²) in [7, 11) is 0. The summed E-state index contributed by atoms with van der Waals surface area (Å²) in [4.78, 5) is 48.2. The van der Waals surface area contributed by atoms with Crippen molar-refractivity contribution in [3.05, 3.63) is 0 Å². The molecule has 4 saturated heterocycles. The number of hydrogen-bond acceptors (Lipinski definition) is 21. The molecule has 0 aromatic rings. The first-order chi connectivity index (χ1) is 24.8. The van der Waals surface area contributed by atoms with Crippen molar-refractivity contribution < 1.29 is 114 Å². The third-order valence-electron chi connectivity index (χ3n) is 8.94. The first-order valence-electron chi connectivity index (χ1n) is 16.1. The van der Waals surface area contributed by atoms with Gasteiger partial charge in [0.15, 0.2) is 37.4 Å². The summed E-state index contributed by atoms with van der Waals surface area (Å²) in [5.74, 6) is -5.28. The van der Waals surface area contributed by atoms with Gasteiger partial charge in [0.05, 0.1) is 13.2 Å². The lowest BCUT2D eigenvalue weighted by Crippen LogP contribution is -2.70. The van der Waals surface area contributed by atoms with Crippen LogP contribution in [-0.2, 0) is 52.3 Å². The fourth-order valence-corrected chi connectivity index (χ4v) is 6.30. The molecule has 4 aliphatic rings. The number of carbonyl (C=O) groups is 4. The van der Waals surface area contributed by atoms with E-state index in [0.29, 0.717) is 0 Å². The Hall–Kier alpha value is -2.80. The normalized spacial score (nSPS) is 46.3. The second-order valence-corrected chi connectivity index (χ2v) is 12.7. The van der Waals surface area contributed by atoms with E-state index < -0.39 is 160 Å². The van der Waals surface area contributed by atoms with Crippen LogP contribution in [0.1, 0.15) is 13.8 Å². The first-order valence-corrected chi connectivity index (χ1v) is 16.1. The van der Waals surface area contributed by atoms with E-state index in [1.165, 1.54) is 0 Å². The van der Waals surface area contributed by atoms with E-state index >= 15 is 0 Å². The van der Waals surface area contributed by atoms with E-state index in [1.54, 1.807) is 0 Å². The minimum absolute atomic E-state index is 0.752. The van der Waals surface area contributed by atoms with Gasteiger partial charge in [-0.15, -0.1) is 0 Å². The average Bonchev–Trinajstić information content (AvgIpc) is 3.08. The van der Waals surface area contributed by atoms with Gasteiger partial charge in [-0.3, -0.25) is 9.59 Å². The lowest BCUT2D eigenvalue weighted by molar-refractivity contribution is -0.368. The van der Waals surface area contributed by atoms with E-state index in [9.17, 15) is 80.5 Å². The van der Waals surface area contributed by atoms with Crippen molar-refractivity contribution in [2.24, 2.45) is 0 Å². The average molecular weight is 777 g/mol. The Kier molecular flexibility index (Phi) is 14.4. The molecule has 0 radical (unpaired) electrons. The van der Waals surface area contributed by atoms with E-state index in [2.05, 4.69) is 10.6 Å². The molecule has 25 nitrogen and oxygen atoms in total. The third-order valence-corrected chi connectivity index (χ3v) is 8.94. The number of carbonyl (C=O) groups excluding carboxylic acids is 2. The lowest BCUT2D eigenvalue weighted by atomic mass is 9.94. The zero-order valence-corrected chi connectivity index (χ0v) is 27.8. The molecule has 304 valence electrons. The van der Waals surface area contributed by atoms with Gasteiger partial charge in [-0.05, 0) is 0 Å². The van der Waals surface area contributed by atoms with Gasteiger partial charge >= 0.3 is 11.9 Å². The zero-order chi connectivity index (χ0) is 39.6. The van der Waals surface area contributed by atoms with Crippen LogP contribution in [0.5, 0.6) is 0 Å². The third kappa shape index (κ3) is 9.19. The summed E-state index contributed by atoms with van der Waals surface area (Å²) in [5, 5.41) is 129. The summed E-state index contributed by atoms with van der Waals surface area (Å²) >= 11 is 0. The lowest BCUT2D eigenvalue weighted by Gasteiger charge is -2.49. The maximum Gasteiger partial charge on any atom is 0.335 e. The molecule has 0 aliphatic carbocycles. The number of carboxylic acids is 2. The van der Waals surface area contributed by atoms with Crippen molar-refractivity contribution in [2.75, 3.05) is 13.2 Å². The molecular weight excluding hydrogens is 732 g/mol. The fraction of sp³-hybridized carbons (Fsp3) is 0.857. The Morgan fingerprint density at radius 3 is 1.43 bits per heavy atom. The van der Waals surface area contributed by atoms with E-state index in [1.807, 2.05) is 0 Å². The number of aliphatic hydroxyl groups excluding tert-OH is 10. The van der Waals surface area contributed by atoms with Gasteiger partial charge in [0.2, 0.25) is 11.8 Å². The van der Waals surface area contributed by atoms with E-state index in [4.69, 9.17) is 33.2 Å². The topological polar surface area (TPSA) is 400 Å². The SMILES string of the molecule is CC(=O)NC1[C@H](O[C@H]2C(C(=O)O)O[C@@H](O[C@@H]3C(NC(C)=O)[C@H](O)OC(CO)[C@@H]3O)C(O)[C@H]2O)OC(CO)[C@H](O)[C@@H]1O[C@@H]1OC(C(=O)O)[C@H](O)[C@H](O)C1O. The van der Waals surface area contributed by atoms with Crippen molar-refractivity contribution in [3.63, 3.8) is 0 Å². The van der Waals surface area contributed by atoms with Crippen LogP contribution in [0.15, 0.2) is 0 Å². The molecule has 4 aliphatic heterocycles. The molecule has 4 rings (SSSR count). The fourth-order valence-electron chi connectivity index (χ4n) is 6.30. The number of ether oxygens (including phenoxy) is 7. The number of hydrogen-bond donors (Lipinski definition) is 14. The molecule has 0 aromatic carbocycles. The smallest absolute Gasteiger partial charge is 0.335 e. The highest BCUT2D eigenvalue weighted by Gasteiger charge is 2.57. The Bertz CT molecular complexity index is 1300. The van der Waals surface area contributed by atoms with Crippen LogP contribution in [0.4, 0.5) is 0 Å². The number of rotatable bonds is 12. The van der Waals surface area contributed by atoms with Crippen LogP contribution in [0, 0.1) is 0 Å². The molecule has 0 bridgehead atoms. The Morgan fingerprint density at radius 2 is 0.943 bits per heavy atom. The van der Waals surface area contributed by atoms with Gasteiger partial charge in [0.1, 0.15) is 85.3 Å². The summed E-state index contributed by atoms with van der Waals surface area (Å²) in [6.45, 7) is 0.116. The number of nitrogens with one attached hydrogen (secondary N) is 2. The molecule has 20 atom stereocenters. The minimum Gasteiger partial charge on any atom is -0.479 e. The Balaban J connectivity index is 1.62. The van der Waals surface area contributed by atoms with Gasteiger partial charge in [-0.2, -0.15) is 0 Å². The van der Waals surface area contributed by atoms with Crippen molar-refractivity contribution in [1.29, 1.82) is 0 Å². The minimum atomic E-state index is -2.30. The van der Waals surface area contributed by atoms with Gasteiger partial charge in [0, 0.05) is 13.8 Å². The van der Waals surface area contributed by atoms with Crippen molar-refractivity contribution in [1.82, 2.24) is 10.6 Å². The van der Waals surface area contributed by atoms with Gasteiger partial charge in [-0.1, -0.05) is 0 Å². The van der Waals surface area contributed by atoms with Crippen LogP contribution in [-0.4, -0.2) is 221 Å². The molecule has 2 amide bonds. The second-order valence-electron chi connectivity index (χ2n) is 12.7. The molecule has 14 N–H and O–H groups in total. The highest BCUT2D eigenvalue weighted by Crippen LogP contribution is 2.34. The molecule has 8 unspecified atom stereocenters. The predicted molar refractivity (Wildman–Crippen MR) is 158 cm³/mol. The number of amides is 2. The summed E-state index contributed by atoms with van der Waals surface area (Å²) in [5.41, 5.74) is 0. The molecule has 53 heavy (non-hydrogen) atoms. The summed E-state index contributed by atoms with van der Waals surface area (Å²) in [6, 6.07) is -3.38. The second kappa shape index (κ2) is 17.8. The number of aliphatic hydroxyl groups is 10. The first kappa shape index (κ1) is 42.9. The maximum absolute atomic E-state index is 12.5. The van der Waals surface area contributed by atoms with Gasteiger partial charge < -0.3 is 105 Å². The Morgan fingerprint density at radius 1 is 0.509 bits per heavy atom. The molecule has 4 fully saturated rings. The Labute approximate surface area is 298 Å². The van der Waals surface area contributed by atoms with E-state index in [-0.39, 0.29) is 0 Å². The van der Waals surface area contributed by atoms with Crippen molar-refractivity contribution >= 4 is 23.8 Å². The number of aliphatic carboxylic acids is 2. The van der Waals surface area contributed by atoms with Gasteiger partial charge in [-0.25, -0.2) is 9.59 Å². The number of carboxylic acid groups (broad SMARTS) is 2. The van der Waals surface area contributed by atoms with Gasteiger partial charge in [0.25, 0.3) is 0 Å². The van der Waals surface area contributed by atoms with Crippen molar-refractivity contribution in [2.45, 2.75) is 137 Å². The highest BCUT2D eigenvalue weighted by molar-refractivity contribution is 5.74. The van der Waals surface area contributed by atoms with Crippen LogP contribution < -0.4 is 10.6 Å². The molecule has 0 saturated carbocycles. The van der Waals surface area contributed by atoms with Crippen LogP contribution in [0.25, 0.3) is 0 Å². The van der Waals surface area contributed by atoms with Crippen LogP contribution in [0.2, 0.25) is 0 Å². The maximum atomic E-state index is 12.5. The largest absolute Gasteiger partial charge is 0.479 e. The quantitative estimate of drug-likeness (QED) is 0.0875. The molecule has 0 spiro atoms. The summed E-state index contributed by atoms with van der Waals surface area (Å²) < 4.78 is 38.0. The highest BCUT2D eigenvalue weighted by atomic mass is 16.8. The molecular formula is C28H44N2O23. The van der Waals surface area contributed by atoms with Crippen LogP contribution in [0.3, 0.4) is 0 Å². The monoisotopic (exact) mass is 776 g/mol. The van der Waals surface area contributed by atoms with Crippen LogP contribution >= 0.6 is 0 Å². The van der Waals surface area contributed by atoms with E-state index in [0.717, 1.165) is 13.8 Å². The zero-order valence-electron chi connectivity index (χ0n) is 27.8. The molecule has 4 heterocycles. The van der Waals surface area contributed by atoms with Crippen molar-refractivity contribution in [3.8, 4) is 0 Å². The molecule has 0 aromatic heterocycles. The molecule has 25 heteroatoms. The summed E-state index contributed by atoms with van der Waals surface area (Å²) in [6.07, 6.45) is -36.5. The predicted octanol–water partition coefficient (Wildman–Crippen LogP) is -9.28.